The van der Waals surface area contributed by atoms with Crippen molar-refractivity contribution in [1.82, 2.24) is 0 Å². The number of rotatable bonds is 4. The summed E-state index contributed by atoms with van der Waals surface area (Å²) in [5, 5.41) is 3.61. The molecule has 0 unspecified atom stereocenters. The van der Waals surface area contributed by atoms with Gasteiger partial charge in [0.15, 0.2) is 5.78 Å². The van der Waals surface area contributed by atoms with E-state index in [4.69, 9.17) is 11.6 Å². The molecule has 0 heterocycles. The van der Waals surface area contributed by atoms with Gasteiger partial charge in [-0.25, -0.2) is 4.39 Å². The topological polar surface area (TPSA) is 29.1 Å². The number of ketones is 1. The van der Waals surface area contributed by atoms with Gasteiger partial charge in [0.2, 0.25) is 0 Å². The Bertz CT molecular complexity index is 698. The Morgan fingerprint density at radius 2 is 1.90 bits per heavy atom. The molecule has 0 bridgehead atoms. The molecule has 2 rings (SSSR count). The van der Waals surface area contributed by atoms with E-state index in [0.717, 1.165) is 4.47 Å². The van der Waals surface area contributed by atoms with Crippen molar-refractivity contribution in [3.05, 3.63) is 75.1 Å². The zero-order chi connectivity index (χ0) is 15.4. The average molecular weight is 369 g/mol. The lowest BCUT2D eigenvalue weighted by Gasteiger charge is -2.09. The lowest BCUT2D eigenvalue weighted by atomic mass is 10.1. The number of allylic oxidation sites excluding steroid dienone is 2. The highest BCUT2D eigenvalue weighted by Crippen LogP contribution is 2.26. The van der Waals surface area contributed by atoms with Crippen molar-refractivity contribution < 1.29 is 9.18 Å². The van der Waals surface area contributed by atoms with Gasteiger partial charge in [-0.1, -0.05) is 27.5 Å². The van der Waals surface area contributed by atoms with Gasteiger partial charge in [-0.2, -0.15) is 0 Å². The third-order valence-corrected chi connectivity index (χ3v) is 3.55. The number of hydrogen-bond donors (Lipinski definition) is 1. The highest BCUT2D eigenvalue weighted by molar-refractivity contribution is 9.10. The summed E-state index contributed by atoms with van der Waals surface area (Å²) in [5.41, 5.74) is 1.79. The molecular weight excluding hydrogens is 357 g/mol. The van der Waals surface area contributed by atoms with Crippen LogP contribution in [0.15, 0.2) is 58.7 Å². The summed E-state index contributed by atoms with van der Waals surface area (Å²) in [6.07, 6.45) is 1.45. The third-order valence-electron chi connectivity index (χ3n) is 2.74. The van der Waals surface area contributed by atoms with Crippen LogP contribution >= 0.6 is 27.5 Å². The summed E-state index contributed by atoms with van der Waals surface area (Å²) in [6.45, 7) is 1.76. The van der Waals surface area contributed by atoms with Crippen LogP contribution in [0.2, 0.25) is 5.02 Å². The van der Waals surface area contributed by atoms with Crippen LogP contribution in [0.3, 0.4) is 0 Å². The van der Waals surface area contributed by atoms with Gasteiger partial charge >= 0.3 is 0 Å². The molecule has 0 saturated carbocycles. The molecule has 5 heteroatoms. The summed E-state index contributed by atoms with van der Waals surface area (Å²) < 4.78 is 13.7. The number of carbonyl (C=O) groups excluding carboxylic acids is 1. The molecule has 0 atom stereocenters. The molecule has 2 aromatic carbocycles. The van der Waals surface area contributed by atoms with E-state index in [9.17, 15) is 9.18 Å². The Hall–Kier alpha value is -1.65. The minimum Gasteiger partial charge on any atom is -0.358 e. The molecule has 21 heavy (non-hydrogen) atoms. The summed E-state index contributed by atoms with van der Waals surface area (Å²) in [4.78, 5) is 12.0. The maximum Gasteiger partial charge on any atom is 0.187 e. The van der Waals surface area contributed by atoms with Gasteiger partial charge in [-0.05, 0) is 49.4 Å². The van der Waals surface area contributed by atoms with Crippen LogP contribution in [0.1, 0.15) is 17.3 Å². The first-order valence-electron chi connectivity index (χ1n) is 6.16. The van der Waals surface area contributed by atoms with Crippen molar-refractivity contribution in [1.29, 1.82) is 0 Å². The molecule has 0 aliphatic rings. The van der Waals surface area contributed by atoms with Crippen LogP contribution in [-0.2, 0) is 0 Å². The van der Waals surface area contributed by atoms with E-state index >= 15 is 0 Å². The number of nitrogens with one attached hydrogen (secondary N) is 1. The van der Waals surface area contributed by atoms with E-state index in [1.807, 2.05) is 12.1 Å². The quantitative estimate of drug-likeness (QED) is 0.575. The fourth-order valence-corrected chi connectivity index (χ4v) is 2.45. The lowest BCUT2D eigenvalue weighted by Crippen LogP contribution is -2.02. The second-order valence-corrected chi connectivity index (χ2v) is 5.77. The first-order valence-corrected chi connectivity index (χ1v) is 7.33. The van der Waals surface area contributed by atoms with Crippen molar-refractivity contribution in [3.8, 4) is 0 Å². The fourth-order valence-electron chi connectivity index (χ4n) is 1.73. The van der Waals surface area contributed by atoms with E-state index in [0.29, 0.717) is 22.0 Å². The molecule has 1 N–H and O–H groups in total. The van der Waals surface area contributed by atoms with Gasteiger partial charge in [0, 0.05) is 21.8 Å². The molecule has 0 aromatic heterocycles. The van der Waals surface area contributed by atoms with Crippen LogP contribution in [0.5, 0.6) is 0 Å². The molecular formula is C16H12BrClFNO. The minimum atomic E-state index is -0.368. The van der Waals surface area contributed by atoms with E-state index in [2.05, 4.69) is 21.2 Å². The molecule has 0 spiro atoms. The molecule has 0 radical (unpaired) electrons. The average Bonchev–Trinajstić information content (AvgIpc) is 2.42. The summed E-state index contributed by atoms with van der Waals surface area (Å²) in [5.74, 6) is -0.569. The Morgan fingerprint density at radius 1 is 1.24 bits per heavy atom. The normalized spacial score (nSPS) is 11.3. The van der Waals surface area contributed by atoms with Crippen LogP contribution < -0.4 is 5.32 Å². The van der Waals surface area contributed by atoms with Gasteiger partial charge < -0.3 is 5.32 Å². The van der Waals surface area contributed by atoms with Crippen molar-refractivity contribution in [3.63, 3.8) is 0 Å². The van der Waals surface area contributed by atoms with E-state index in [1.54, 1.807) is 13.0 Å². The second-order valence-electron chi connectivity index (χ2n) is 4.45. The van der Waals surface area contributed by atoms with Crippen LogP contribution in [-0.4, -0.2) is 5.78 Å². The Kier molecular flexibility index (Phi) is 5.15. The van der Waals surface area contributed by atoms with E-state index in [-0.39, 0.29) is 11.6 Å². The maximum atomic E-state index is 12.8. The highest BCUT2D eigenvalue weighted by Gasteiger charge is 2.05. The van der Waals surface area contributed by atoms with Gasteiger partial charge in [0.05, 0.1) is 10.7 Å². The predicted octanol–water partition coefficient (Wildman–Crippen LogP) is 5.44. The number of hydrogen-bond acceptors (Lipinski definition) is 2. The summed E-state index contributed by atoms with van der Waals surface area (Å²) in [6, 6.07) is 10.8. The molecule has 0 amide bonds. The summed E-state index contributed by atoms with van der Waals surface area (Å²) >= 11 is 9.43. The molecule has 0 aliphatic carbocycles. The Balaban J connectivity index is 2.13. The van der Waals surface area contributed by atoms with Crippen molar-refractivity contribution in [2.75, 3.05) is 5.32 Å². The lowest BCUT2D eigenvalue weighted by molar-refractivity contribution is 0.104. The van der Waals surface area contributed by atoms with Crippen molar-refractivity contribution in [2.24, 2.45) is 0 Å². The van der Waals surface area contributed by atoms with Crippen molar-refractivity contribution in [2.45, 2.75) is 6.92 Å². The fraction of sp³-hybridized carbons (Fsp3) is 0.0625. The van der Waals surface area contributed by atoms with Gasteiger partial charge in [0.1, 0.15) is 5.82 Å². The van der Waals surface area contributed by atoms with Crippen LogP contribution in [0, 0.1) is 5.82 Å². The first kappa shape index (κ1) is 15.7. The number of carbonyl (C=O) groups is 1. The van der Waals surface area contributed by atoms with Gasteiger partial charge in [0.25, 0.3) is 0 Å². The van der Waals surface area contributed by atoms with Crippen LogP contribution in [0.25, 0.3) is 0 Å². The smallest absolute Gasteiger partial charge is 0.187 e. The van der Waals surface area contributed by atoms with Crippen molar-refractivity contribution >= 4 is 39.0 Å². The molecule has 0 aliphatic heterocycles. The standard InChI is InChI=1S/C16H12BrClFNO/c1-10(20-15-7-4-12(17)9-14(15)18)8-16(21)11-2-5-13(19)6-3-11/h2-9,20H,1H3/b10-8+. The number of anilines is 1. The third kappa shape index (κ3) is 4.41. The van der Waals surface area contributed by atoms with Gasteiger partial charge in [-0.15, -0.1) is 0 Å². The predicted molar refractivity (Wildman–Crippen MR) is 87.3 cm³/mol. The molecule has 108 valence electrons. The molecule has 2 nitrogen and oxygen atoms in total. The maximum absolute atomic E-state index is 12.8. The Morgan fingerprint density at radius 3 is 2.52 bits per heavy atom. The largest absolute Gasteiger partial charge is 0.358 e. The van der Waals surface area contributed by atoms with Crippen LogP contribution in [0.4, 0.5) is 10.1 Å². The minimum absolute atomic E-state index is 0.201. The van der Waals surface area contributed by atoms with E-state index in [1.165, 1.54) is 30.3 Å². The van der Waals surface area contributed by atoms with E-state index < -0.39 is 0 Å². The molecule has 0 fully saturated rings. The zero-order valence-corrected chi connectivity index (χ0v) is 13.5. The van der Waals surface area contributed by atoms with Gasteiger partial charge in [-0.3, -0.25) is 4.79 Å². The SMILES string of the molecule is C/C(=C\C(=O)c1ccc(F)cc1)Nc1ccc(Br)cc1Cl. The second kappa shape index (κ2) is 6.87. The zero-order valence-electron chi connectivity index (χ0n) is 11.2. The Labute approximate surface area is 135 Å². The monoisotopic (exact) mass is 367 g/mol. The number of benzene rings is 2. The molecule has 2 aromatic rings. The molecule has 0 saturated heterocycles. The highest BCUT2D eigenvalue weighted by atomic mass is 79.9. The summed E-state index contributed by atoms with van der Waals surface area (Å²) in [7, 11) is 0. The number of halogens is 3. The first-order chi connectivity index (χ1) is 9.95.